The van der Waals surface area contributed by atoms with E-state index in [2.05, 4.69) is 0 Å². The number of methoxy groups -OCH3 is 1. The van der Waals surface area contributed by atoms with E-state index in [1.54, 1.807) is 0 Å². The Kier molecular flexibility index (Phi) is 3.47. The molecule has 6 heteroatoms. The van der Waals surface area contributed by atoms with Gasteiger partial charge in [-0.05, 0) is 6.07 Å². The van der Waals surface area contributed by atoms with Gasteiger partial charge in [-0.1, -0.05) is 11.6 Å². The number of nitro groups is 1. The minimum atomic E-state index is -0.595. The van der Waals surface area contributed by atoms with E-state index in [1.165, 1.54) is 19.2 Å². The van der Waals surface area contributed by atoms with E-state index >= 15 is 0 Å². The molecular formula is C9H7ClN2O3. The Balaban J connectivity index is 3.36. The van der Waals surface area contributed by atoms with Gasteiger partial charge in [-0.15, -0.1) is 0 Å². The van der Waals surface area contributed by atoms with E-state index in [0.29, 0.717) is 11.3 Å². The standard InChI is InChI=1S/C9H7ClN2O3/c1-15-8-3-2-7(12(13)14)9(10)6(8)4-5-11/h2-3H,4H2,1H3. The molecule has 0 unspecified atom stereocenters. The first kappa shape index (κ1) is 11.3. The van der Waals surface area contributed by atoms with Gasteiger partial charge in [0.15, 0.2) is 0 Å². The second-order valence-corrected chi connectivity index (χ2v) is 3.05. The minimum absolute atomic E-state index is 0.0241. The summed E-state index contributed by atoms with van der Waals surface area (Å²) in [6.07, 6.45) is -0.0241. The summed E-state index contributed by atoms with van der Waals surface area (Å²) in [7, 11) is 1.42. The molecular weight excluding hydrogens is 220 g/mol. The molecule has 0 atom stereocenters. The highest BCUT2D eigenvalue weighted by molar-refractivity contribution is 6.33. The van der Waals surface area contributed by atoms with E-state index < -0.39 is 4.92 Å². The molecule has 0 bridgehead atoms. The SMILES string of the molecule is COc1ccc([N+](=O)[O-])c(Cl)c1CC#N. The average molecular weight is 227 g/mol. The summed E-state index contributed by atoms with van der Waals surface area (Å²) in [6.45, 7) is 0. The van der Waals surface area contributed by atoms with Crippen LogP contribution in [0, 0.1) is 21.4 Å². The highest BCUT2D eigenvalue weighted by atomic mass is 35.5. The number of rotatable bonds is 3. The van der Waals surface area contributed by atoms with Crippen molar-refractivity contribution < 1.29 is 9.66 Å². The zero-order valence-corrected chi connectivity index (χ0v) is 8.61. The van der Waals surface area contributed by atoms with Crippen LogP contribution in [0.15, 0.2) is 12.1 Å². The van der Waals surface area contributed by atoms with E-state index in [4.69, 9.17) is 21.6 Å². The molecule has 78 valence electrons. The summed E-state index contributed by atoms with van der Waals surface area (Å²) in [5.74, 6) is 0.382. The Labute approximate surface area is 91.0 Å². The lowest BCUT2D eigenvalue weighted by molar-refractivity contribution is -0.384. The second-order valence-electron chi connectivity index (χ2n) is 2.67. The zero-order valence-electron chi connectivity index (χ0n) is 7.86. The molecule has 0 heterocycles. The Morgan fingerprint density at radius 1 is 1.67 bits per heavy atom. The molecule has 0 aliphatic heterocycles. The van der Waals surface area contributed by atoms with Gasteiger partial charge >= 0.3 is 0 Å². The van der Waals surface area contributed by atoms with E-state index in [1.807, 2.05) is 6.07 Å². The van der Waals surface area contributed by atoms with Crippen molar-refractivity contribution >= 4 is 17.3 Å². The summed E-state index contributed by atoms with van der Waals surface area (Å²) < 4.78 is 4.96. The van der Waals surface area contributed by atoms with Crippen LogP contribution in [0.5, 0.6) is 5.75 Å². The van der Waals surface area contributed by atoms with E-state index in [0.717, 1.165) is 0 Å². The second kappa shape index (κ2) is 4.62. The van der Waals surface area contributed by atoms with Crippen LogP contribution in [-0.4, -0.2) is 12.0 Å². The van der Waals surface area contributed by atoms with Crippen LogP contribution in [-0.2, 0) is 6.42 Å². The molecule has 0 amide bonds. The number of halogens is 1. The predicted octanol–water partition coefficient (Wildman–Crippen LogP) is 2.32. The van der Waals surface area contributed by atoms with Crippen LogP contribution in [0.2, 0.25) is 5.02 Å². The summed E-state index contributed by atoms with van der Waals surface area (Å²) in [5, 5.41) is 19.1. The smallest absolute Gasteiger partial charge is 0.288 e. The molecule has 0 N–H and O–H groups in total. The third kappa shape index (κ3) is 2.17. The summed E-state index contributed by atoms with van der Waals surface area (Å²) >= 11 is 5.79. The minimum Gasteiger partial charge on any atom is -0.496 e. The van der Waals surface area contributed by atoms with Gasteiger partial charge in [-0.3, -0.25) is 10.1 Å². The largest absolute Gasteiger partial charge is 0.496 e. The van der Waals surface area contributed by atoms with Gasteiger partial charge in [0.25, 0.3) is 5.69 Å². The zero-order chi connectivity index (χ0) is 11.4. The lowest BCUT2D eigenvalue weighted by Gasteiger charge is -2.07. The Hall–Kier alpha value is -1.80. The Bertz CT molecular complexity index is 440. The van der Waals surface area contributed by atoms with Crippen molar-refractivity contribution in [2.75, 3.05) is 7.11 Å². The fourth-order valence-electron chi connectivity index (χ4n) is 1.17. The molecule has 0 fully saturated rings. The number of hydrogen-bond acceptors (Lipinski definition) is 4. The number of nitro benzene ring substituents is 1. The third-order valence-corrected chi connectivity index (χ3v) is 2.27. The molecule has 1 aromatic rings. The lowest BCUT2D eigenvalue weighted by Crippen LogP contribution is -1.96. The lowest BCUT2D eigenvalue weighted by atomic mass is 10.1. The molecule has 1 aromatic carbocycles. The van der Waals surface area contributed by atoms with Crippen molar-refractivity contribution in [1.82, 2.24) is 0 Å². The summed E-state index contributed by atoms with van der Waals surface area (Å²) in [6, 6.07) is 4.56. The van der Waals surface area contributed by atoms with Crippen molar-refractivity contribution in [3.8, 4) is 11.8 Å². The first-order valence-corrected chi connectivity index (χ1v) is 4.36. The molecule has 0 radical (unpaired) electrons. The molecule has 0 saturated heterocycles. The van der Waals surface area contributed by atoms with Gasteiger partial charge in [-0.25, -0.2) is 0 Å². The van der Waals surface area contributed by atoms with Crippen molar-refractivity contribution in [3.63, 3.8) is 0 Å². The van der Waals surface area contributed by atoms with E-state index in [9.17, 15) is 10.1 Å². The van der Waals surface area contributed by atoms with Gasteiger partial charge in [0.2, 0.25) is 0 Å². The molecule has 0 saturated carbocycles. The van der Waals surface area contributed by atoms with Crippen molar-refractivity contribution in [2.24, 2.45) is 0 Å². The van der Waals surface area contributed by atoms with Crippen LogP contribution in [0.1, 0.15) is 5.56 Å². The van der Waals surface area contributed by atoms with Gasteiger partial charge in [-0.2, -0.15) is 5.26 Å². The van der Waals surface area contributed by atoms with Crippen LogP contribution >= 0.6 is 11.6 Å². The predicted molar refractivity (Wildman–Crippen MR) is 54.0 cm³/mol. The first-order chi connectivity index (χ1) is 7.11. The number of hydrogen-bond donors (Lipinski definition) is 0. The monoisotopic (exact) mass is 226 g/mol. The van der Waals surface area contributed by atoms with Gasteiger partial charge in [0, 0.05) is 11.6 Å². The third-order valence-electron chi connectivity index (χ3n) is 1.85. The van der Waals surface area contributed by atoms with Crippen molar-refractivity contribution in [3.05, 3.63) is 32.8 Å². The van der Waals surface area contributed by atoms with Crippen molar-refractivity contribution in [1.29, 1.82) is 5.26 Å². The fraction of sp³-hybridized carbons (Fsp3) is 0.222. The maximum absolute atomic E-state index is 10.6. The quantitative estimate of drug-likeness (QED) is 0.585. The molecule has 0 aromatic heterocycles. The highest BCUT2D eigenvalue weighted by Crippen LogP contribution is 2.34. The topological polar surface area (TPSA) is 76.2 Å². The van der Waals surface area contributed by atoms with Crippen LogP contribution in [0.4, 0.5) is 5.69 Å². The molecule has 0 aliphatic carbocycles. The molecule has 0 aliphatic rings. The molecule has 0 spiro atoms. The summed E-state index contributed by atoms with van der Waals surface area (Å²) in [4.78, 5) is 9.98. The van der Waals surface area contributed by atoms with Gasteiger partial charge in [0.1, 0.15) is 10.8 Å². The summed E-state index contributed by atoms with van der Waals surface area (Å²) in [5.41, 5.74) is 0.124. The normalized spacial score (nSPS) is 9.40. The van der Waals surface area contributed by atoms with Crippen LogP contribution < -0.4 is 4.74 Å². The van der Waals surface area contributed by atoms with E-state index in [-0.39, 0.29) is 17.1 Å². The fourth-order valence-corrected chi connectivity index (χ4v) is 1.46. The van der Waals surface area contributed by atoms with Gasteiger partial charge < -0.3 is 4.74 Å². The Morgan fingerprint density at radius 3 is 2.80 bits per heavy atom. The molecule has 1 rings (SSSR count). The molecule has 15 heavy (non-hydrogen) atoms. The number of ether oxygens (including phenoxy) is 1. The van der Waals surface area contributed by atoms with Gasteiger partial charge in [0.05, 0.1) is 24.5 Å². The maximum atomic E-state index is 10.6. The van der Waals surface area contributed by atoms with Crippen LogP contribution in [0.25, 0.3) is 0 Å². The number of nitrogens with zero attached hydrogens (tertiary/aromatic N) is 2. The highest BCUT2D eigenvalue weighted by Gasteiger charge is 2.19. The van der Waals surface area contributed by atoms with Crippen LogP contribution in [0.3, 0.4) is 0 Å². The number of benzene rings is 1. The average Bonchev–Trinajstić information content (AvgIpc) is 2.20. The Morgan fingerprint density at radius 2 is 2.33 bits per heavy atom. The maximum Gasteiger partial charge on any atom is 0.288 e. The number of nitriles is 1. The molecule has 5 nitrogen and oxygen atoms in total. The van der Waals surface area contributed by atoms with Crippen molar-refractivity contribution in [2.45, 2.75) is 6.42 Å². The first-order valence-electron chi connectivity index (χ1n) is 3.98.